The van der Waals surface area contributed by atoms with Crippen molar-refractivity contribution in [2.45, 2.75) is 13.5 Å². The first-order valence-electron chi connectivity index (χ1n) is 7.79. The topological polar surface area (TPSA) is 46.6 Å². The summed E-state index contributed by atoms with van der Waals surface area (Å²) in [6.07, 6.45) is 0. The van der Waals surface area contributed by atoms with E-state index in [2.05, 4.69) is 0 Å². The Morgan fingerprint density at radius 1 is 1.04 bits per heavy atom. The average Bonchev–Trinajstić information content (AvgIpc) is 2.62. The average molecular weight is 380 g/mol. The maximum Gasteiger partial charge on any atom is 0.310 e. The molecular formula is C19H19Cl2NO3. The summed E-state index contributed by atoms with van der Waals surface area (Å²) < 4.78 is 4.77. The second kappa shape index (κ2) is 8.88. The van der Waals surface area contributed by atoms with E-state index in [1.807, 2.05) is 18.2 Å². The van der Waals surface area contributed by atoms with Gasteiger partial charge in [-0.1, -0.05) is 60.5 Å². The van der Waals surface area contributed by atoms with Gasteiger partial charge in [0, 0.05) is 18.1 Å². The third-order valence-electron chi connectivity index (χ3n) is 3.81. The Morgan fingerprint density at radius 3 is 2.24 bits per heavy atom. The van der Waals surface area contributed by atoms with Gasteiger partial charge in [0.25, 0.3) is 5.91 Å². The lowest BCUT2D eigenvalue weighted by atomic mass is 10.1. The molecule has 25 heavy (non-hydrogen) atoms. The number of carbonyl (C=O) groups excluding carboxylic acids is 2. The van der Waals surface area contributed by atoms with Gasteiger partial charge in [-0.05, 0) is 23.8 Å². The maximum absolute atomic E-state index is 13.0. The number of nitrogens with zero attached hydrogens (tertiary/aromatic N) is 1. The molecule has 1 unspecified atom stereocenters. The SMILES string of the molecule is COC(=O)C(C)CN(Cc1ccccc1Cl)C(=O)c1ccccc1Cl. The minimum Gasteiger partial charge on any atom is -0.469 e. The Hall–Kier alpha value is -2.04. The zero-order valence-corrected chi connectivity index (χ0v) is 15.6. The van der Waals surface area contributed by atoms with Crippen LogP contribution in [0.1, 0.15) is 22.8 Å². The van der Waals surface area contributed by atoms with Crippen LogP contribution in [0.25, 0.3) is 0 Å². The molecular weight excluding hydrogens is 361 g/mol. The minimum atomic E-state index is -0.473. The number of rotatable bonds is 6. The lowest BCUT2D eigenvalue weighted by Gasteiger charge is -2.26. The minimum absolute atomic E-state index is 0.196. The summed E-state index contributed by atoms with van der Waals surface area (Å²) in [5.41, 5.74) is 1.18. The molecule has 132 valence electrons. The van der Waals surface area contributed by atoms with Crippen LogP contribution in [0.5, 0.6) is 0 Å². The van der Waals surface area contributed by atoms with Gasteiger partial charge in [0.2, 0.25) is 0 Å². The molecule has 4 nitrogen and oxygen atoms in total. The molecule has 2 aromatic rings. The number of carbonyl (C=O) groups is 2. The molecule has 0 aliphatic heterocycles. The molecule has 0 bridgehead atoms. The molecule has 1 atom stereocenters. The Bertz CT molecular complexity index is 764. The van der Waals surface area contributed by atoms with E-state index in [0.29, 0.717) is 15.6 Å². The molecule has 0 radical (unpaired) electrons. The first-order valence-corrected chi connectivity index (χ1v) is 8.54. The van der Waals surface area contributed by atoms with E-state index in [1.165, 1.54) is 7.11 Å². The predicted molar refractivity (Wildman–Crippen MR) is 98.8 cm³/mol. The van der Waals surface area contributed by atoms with Crippen LogP contribution < -0.4 is 0 Å². The Kier molecular flexibility index (Phi) is 6.85. The van der Waals surface area contributed by atoms with Gasteiger partial charge in [-0.25, -0.2) is 0 Å². The number of hydrogen-bond donors (Lipinski definition) is 0. The highest BCUT2D eigenvalue weighted by Gasteiger charge is 2.24. The fourth-order valence-electron chi connectivity index (χ4n) is 2.46. The summed E-state index contributed by atoms with van der Waals surface area (Å²) in [6.45, 7) is 2.18. The molecule has 0 saturated heterocycles. The van der Waals surface area contributed by atoms with Crippen molar-refractivity contribution in [1.29, 1.82) is 0 Å². The monoisotopic (exact) mass is 379 g/mol. The quantitative estimate of drug-likeness (QED) is 0.696. The molecule has 2 rings (SSSR count). The maximum atomic E-state index is 13.0. The number of halogens is 2. The summed E-state index contributed by atoms with van der Waals surface area (Å²) in [5.74, 6) is -1.11. The van der Waals surface area contributed by atoms with Gasteiger partial charge in [0.05, 0.1) is 23.6 Å². The van der Waals surface area contributed by atoms with Crippen molar-refractivity contribution in [1.82, 2.24) is 4.90 Å². The fourth-order valence-corrected chi connectivity index (χ4v) is 2.87. The highest BCUT2D eigenvalue weighted by molar-refractivity contribution is 6.33. The molecule has 1 amide bonds. The highest BCUT2D eigenvalue weighted by atomic mass is 35.5. The third kappa shape index (κ3) is 4.97. The second-order valence-corrected chi connectivity index (χ2v) is 6.50. The van der Waals surface area contributed by atoms with E-state index in [0.717, 1.165) is 5.56 Å². The lowest BCUT2D eigenvalue weighted by molar-refractivity contribution is -0.145. The lowest BCUT2D eigenvalue weighted by Crippen LogP contribution is -2.37. The van der Waals surface area contributed by atoms with E-state index in [9.17, 15) is 9.59 Å². The van der Waals surface area contributed by atoms with Gasteiger partial charge < -0.3 is 9.64 Å². The number of methoxy groups -OCH3 is 1. The van der Waals surface area contributed by atoms with Gasteiger partial charge >= 0.3 is 5.97 Å². The van der Waals surface area contributed by atoms with Crippen LogP contribution in [0, 0.1) is 5.92 Å². The van der Waals surface area contributed by atoms with Crippen molar-refractivity contribution < 1.29 is 14.3 Å². The smallest absolute Gasteiger partial charge is 0.310 e. The van der Waals surface area contributed by atoms with E-state index >= 15 is 0 Å². The zero-order valence-electron chi connectivity index (χ0n) is 14.0. The van der Waals surface area contributed by atoms with E-state index < -0.39 is 5.92 Å². The zero-order chi connectivity index (χ0) is 18.4. The van der Waals surface area contributed by atoms with Gasteiger partial charge in [0.15, 0.2) is 0 Å². The molecule has 0 saturated carbocycles. The van der Waals surface area contributed by atoms with Gasteiger partial charge in [-0.15, -0.1) is 0 Å². The second-order valence-electron chi connectivity index (χ2n) is 5.68. The van der Waals surface area contributed by atoms with Crippen molar-refractivity contribution in [2.75, 3.05) is 13.7 Å². The third-order valence-corrected chi connectivity index (χ3v) is 4.51. The molecule has 0 N–H and O–H groups in total. The normalized spacial score (nSPS) is 11.7. The summed E-state index contributed by atoms with van der Waals surface area (Å²) >= 11 is 12.4. The van der Waals surface area contributed by atoms with Crippen LogP contribution in [-0.4, -0.2) is 30.4 Å². The van der Waals surface area contributed by atoms with Crippen LogP contribution in [0.3, 0.4) is 0 Å². The molecule has 2 aromatic carbocycles. The number of ether oxygens (including phenoxy) is 1. The van der Waals surface area contributed by atoms with Gasteiger partial charge in [0.1, 0.15) is 0 Å². The van der Waals surface area contributed by atoms with Crippen LogP contribution in [0.2, 0.25) is 10.0 Å². The van der Waals surface area contributed by atoms with Crippen LogP contribution >= 0.6 is 23.2 Å². The number of esters is 1. The van der Waals surface area contributed by atoms with Crippen molar-refractivity contribution >= 4 is 35.1 Å². The van der Waals surface area contributed by atoms with Gasteiger partial charge in [-0.2, -0.15) is 0 Å². The largest absolute Gasteiger partial charge is 0.469 e. The summed E-state index contributed by atoms with van der Waals surface area (Å²) in [7, 11) is 1.33. The molecule has 0 aliphatic rings. The number of benzene rings is 2. The molecule has 6 heteroatoms. The standard InChI is InChI=1S/C19H19Cl2NO3/c1-13(19(24)25-2)11-22(12-14-7-3-5-9-16(14)20)18(23)15-8-4-6-10-17(15)21/h3-10,13H,11-12H2,1-2H3. The van der Waals surface area contributed by atoms with Crippen LogP contribution in [0.15, 0.2) is 48.5 Å². The number of hydrogen-bond acceptors (Lipinski definition) is 3. The van der Waals surface area contributed by atoms with Crippen molar-refractivity contribution in [3.8, 4) is 0 Å². The highest BCUT2D eigenvalue weighted by Crippen LogP contribution is 2.22. The molecule has 0 heterocycles. The predicted octanol–water partition coefficient (Wildman–Crippen LogP) is 4.44. The van der Waals surface area contributed by atoms with Crippen molar-refractivity contribution in [3.63, 3.8) is 0 Å². The first kappa shape index (κ1) is 19.3. The summed E-state index contributed by atoms with van der Waals surface area (Å²) in [5, 5.41) is 0.924. The summed E-state index contributed by atoms with van der Waals surface area (Å²) in [6, 6.07) is 14.1. The van der Waals surface area contributed by atoms with E-state index in [1.54, 1.807) is 42.2 Å². The Balaban J connectivity index is 2.31. The molecule has 0 aliphatic carbocycles. The van der Waals surface area contributed by atoms with Crippen molar-refractivity contribution in [2.24, 2.45) is 5.92 Å². The Morgan fingerprint density at radius 2 is 1.64 bits per heavy atom. The fraction of sp³-hybridized carbons (Fsp3) is 0.263. The molecule has 0 spiro atoms. The van der Waals surface area contributed by atoms with E-state index in [-0.39, 0.29) is 25.0 Å². The van der Waals surface area contributed by atoms with E-state index in [4.69, 9.17) is 27.9 Å². The first-order chi connectivity index (χ1) is 11.9. The molecule has 0 aromatic heterocycles. The van der Waals surface area contributed by atoms with Crippen LogP contribution in [-0.2, 0) is 16.1 Å². The summed E-state index contributed by atoms with van der Waals surface area (Å²) in [4.78, 5) is 26.3. The van der Waals surface area contributed by atoms with Crippen LogP contribution in [0.4, 0.5) is 0 Å². The number of amides is 1. The Labute approximate surface area is 157 Å². The van der Waals surface area contributed by atoms with Crippen molar-refractivity contribution in [3.05, 3.63) is 69.7 Å². The van der Waals surface area contributed by atoms with Gasteiger partial charge in [-0.3, -0.25) is 9.59 Å². The molecule has 0 fully saturated rings.